The van der Waals surface area contributed by atoms with Gasteiger partial charge in [0.1, 0.15) is 12.1 Å². The second-order valence-corrected chi connectivity index (χ2v) is 5.34. The van der Waals surface area contributed by atoms with Gasteiger partial charge < -0.3 is 9.73 Å². The van der Waals surface area contributed by atoms with Gasteiger partial charge in [-0.1, -0.05) is 24.3 Å². The van der Waals surface area contributed by atoms with Crippen molar-refractivity contribution in [3.8, 4) is 0 Å². The van der Waals surface area contributed by atoms with Gasteiger partial charge >= 0.3 is 0 Å². The average Bonchev–Trinajstić information content (AvgIpc) is 3.02. The van der Waals surface area contributed by atoms with E-state index < -0.39 is 0 Å². The first-order valence-corrected chi connectivity index (χ1v) is 7.45. The van der Waals surface area contributed by atoms with E-state index in [0.717, 1.165) is 5.52 Å². The van der Waals surface area contributed by atoms with Crippen LogP contribution in [-0.4, -0.2) is 23.3 Å². The number of aromatic nitrogens is 1. The molecule has 118 valence electrons. The fourth-order valence-electron chi connectivity index (χ4n) is 2.62. The lowest BCUT2D eigenvalue weighted by Gasteiger charge is -2.28. The van der Waals surface area contributed by atoms with E-state index >= 15 is 0 Å². The number of rotatable bonds is 2. The second kappa shape index (κ2) is 5.66. The van der Waals surface area contributed by atoms with Gasteiger partial charge in [0.05, 0.1) is 11.4 Å². The summed E-state index contributed by atoms with van der Waals surface area (Å²) in [5.74, 6) is -0.184. The summed E-state index contributed by atoms with van der Waals surface area (Å²) in [6, 6.07) is 14.6. The fourth-order valence-corrected chi connectivity index (χ4v) is 2.62. The van der Waals surface area contributed by atoms with Crippen LogP contribution in [0.2, 0.25) is 0 Å². The lowest BCUT2D eigenvalue weighted by atomic mass is 10.2. The third-order valence-electron chi connectivity index (χ3n) is 3.72. The maximum absolute atomic E-state index is 12.5. The molecule has 1 aliphatic rings. The van der Waals surface area contributed by atoms with Crippen molar-refractivity contribution >= 4 is 40.4 Å². The molecule has 3 aromatic rings. The Labute approximate surface area is 137 Å². The molecule has 0 aliphatic carbocycles. The molecule has 0 saturated heterocycles. The van der Waals surface area contributed by atoms with Crippen molar-refractivity contribution in [2.45, 2.75) is 0 Å². The summed E-state index contributed by atoms with van der Waals surface area (Å²) in [6.45, 7) is -0.0201. The highest BCUT2D eigenvalue weighted by Crippen LogP contribution is 2.29. The lowest BCUT2D eigenvalue weighted by molar-refractivity contribution is -0.119. The van der Waals surface area contributed by atoms with Gasteiger partial charge in [0.2, 0.25) is 11.8 Å². The van der Waals surface area contributed by atoms with Crippen LogP contribution in [0, 0.1) is 0 Å². The van der Waals surface area contributed by atoms with Gasteiger partial charge in [-0.3, -0.25) is 14.5 Å². The number of carbonyl (C=O) groups excluding carboxylic acids is 2. The highest BCUT2D eigenvalue weighted by molar-refractivity contribution is 6.13. The number of anilines is 2. The summed E-state index contributed by atoms with van der Waals surface area (Å²) in [7, 11) is 0. The van der Waals surface area contributed by atoms with Crippen LogP contribution in [0.3, 0.4) is 0 Å². The third-order valence-corrected chi connectivity index (χ3v) is 3.72. The average molecular weight is 319 g/mol. The smallest absolute Gasteiger partial charge is 0.251 e. The van der Waals surface area contributed by atoms with Gasteiger partial charge in [0.15, 0.2) is 5.58 Å². The van der Waals surface area contributed by atoms with Gasteiger partial charge in [-0.15, -0.1) is 0 Å². The maximum atomic E-state index is 12.5. The molecule has 6 nitrogen and oxygen atoms in total. The zero-order valence-corrected chi connectivity index (χ0v) is 12.6. The normalized spacial score (nSPS) is 14.0. The number of nitrogens with zero attached hydrogens (tertiary/aromatic N) is 2. The first kappa shape index (κ1) is 14.2. The first-order valence-electron chi connectivity index (χ1n) is 7.45. The SMILES string of the molecule is O=C1CN(C(=O)C=Cc2nc3ccccc3o2)c2ccccc2N1. The van der Waals surface area contributed by atoms with Crippen molar-refractivity contribution in [2.75, 3.05) is 16.8 Å². The number of benzene rings is 2. The summed E-state index contributed by atoms with van der Waals surface area (Å²) in [6.07, 6.45) is 2.87. The summed E-state index contributed by atoms with van der Waals surface area (Å²) < 4.78 is 5.55. The number of para-hydroxylation sites is 4. The molecule has 0 spiro atoms. The summed E-state index contributed by atoms with van der Waals surface area (Å²) in [5.41, 5.74) is 2.68. The molecular weight excluding hydrogens is 306 g/mol. The Balaban J connectivity index is 1.61. The van der Waals surface area contributed by atoms with Crippen molar-refractivity contribution in [1.29, 1.82) is 0 Å². The second-order valence-electron chi connectivity index (χ2n) is 5.34. The molecule has 1 aliphatic heterocycles. The minimum Gasteiger partial charge on any atom is -0.437 e. The third kappa shape index (κ3) is 2.54. The zero-order valence-electron chi connectivity index (χ0n) is 12.6. The van der Waals surface area contributed by atoms with Crippen LogP contribution >= 0.6 is 0 Å². The van der Waals surface area contributed by atoms with Gasteiger partial charge in [-0.05, 0) is 24.3 Å². The van der Waals surface area contributed by atoms with E-state index in [4.69, 9.17) is 4.42 Å². The van der Waals surface area contributed by atoms with Crippen molar-refractivity contribution in [3.05, 3.63) is 60.5 Å². The molecule has 0 unspecified atom stereocenters. The predicted molar refractivity (Wildman–Crippen MR) is 90.5 cm³/mol. The van der Waals surface area contributed by atoms with E-state index in [2.05, 4.69) is 10.3 Å². The van der Waals surface area contributed by atoms with Gasteiger partial charge in [-0.25, -0.2) is 4.98 Å². The van der Waals surface area contributed by atoms with Crippen LogP contribution in [0.4, 0.5) is 11.4 Å². The zero-order chi connectivity index (χ0) is 16.5. The Morgan fingerprint density at radius 3 is 2.83 bits per heavy atom. The van der Waals surface area contributed by atoms with E-state index in [1.54, 1.807) is 18.2 Å². The van der Waals surface area contributed by atoms with Crippen LogP contribution < -0.4 is 10.2 Å². The van der Waals surface area contributed by atoms with Gasteiger partial charge in [0.25, 0.3) is 5.91 Å². The van der Waals surface area contributed by atoms with E-state index in [-0.39, 0.29) is 18.4 Å². The topological polar surface area (TPSA) is 75.4 Å². The van der Waals surface area contributed by atoms with E-state index in [1.165, 1.54) is 17.1 Å². The molecule has 1 N–H and O–H groups in total. The monoisotopic (exact) mass is 319 g/mol. The standard InChI is InChI=1S/C18H13N3O3/c22-16-11-21(14-7-3-1-5-12(14)19-16)18(23)10-9-17-20-13-6-2-4-8-15(13)24-17/h1-10H,11H2,(H,19,22). The number of fused-ring (bicyclic) bond motifs is 2. The van der Waals surface area contributed by atoms with Crippen molar-refractivity contribution in [2.24, 2.45) is 0 Å². The molecule has 6 heteroatoms. The molecule has 0 fully saturated rings. The van der Waals surface area contributed by atoms with Crippen LogP contribution in [0.5, 0.6) is 0 Å². The molecule has 0 bridgehead atoms. The highest BCUT2D eigenvalue weighted by Gasteiger charge is 2.25. The number of hydrogen-bond donors (Lipinski definition) is 1. The molecule has 0 atom stereocenters. The highest BCUT2D eigenvalue weighted by atomic mass is 16.3. The number of hydrogen-bond acceptors (Lipinski definition) is 4. The molecular formula is C18H13N3O3. The Morgan fingerprint density at radius 2 is 1.96 bits per heavy atom. The molecule has 4 rings (SSSR count). The number of carbonyl (C=O) groups is 2. The van der Waals surface area contributed by atoms with Crippen molar-refractivity contribution < 1.29 is 14.0 Å². The molecule has 2 aromatic carbocycles. The Morgan fingerprint density at radius 1 is 1.17 bits per heavy atom. The van der Waals surface area contributed by atoms with Gasteiger partial charge in [0, 0.05) is 12.2 Å². The number of oxazole rings is 1. The summed E-state index contributed by atoms with van der Waals surface area (Å²) in [4.78, 5) is 30.0. The Hall–Kier alpha value is -3.41. The minimum absolute atomic E-state index is 0.0201. The molecule has 2 heterocycles. The molecule has 0 radical (unpaired) electrons. The first-order chi connectivity index (χ1) is 11.7. The molecule has 0 saturated carbocycles. The van der Waals surface area contributed by atoms with Crippen molar-refractivity contribution in [3.63, 3.8) is 0 Å². The Kier molecular flexibility index (Phi) is 3.35. The largest absolute Gasteiger partial charge is 0.437 e. The van der Waals surface area contributed by atoms with E-state index in [0.29, 0.717) is 22.8 Å². The molecule has 1 aromatic heterocycles. The minimum atomic E-state index is -0.306. The molecule has 24 heavy (non-hydrogen) atoms. The maximum Gasteiger partial charge on any atom is 0.251 e. The van der Waals surface area contributed by atoms with Crippen LogP contribution in [0.15, 0.2) is 59.0 Å². The van der Waals surface area contributed by atoms with Crippen LogP contribution in [0.1, 0.15) is 5.89 Å². The predicted octanol–water partition coefficient (Wildman–Crippen LogP) is 2.83. The van der Waals surface area contributed by atoms with Gasteiger partial charge in [-0.2, -0.15) is 0 Å². The van der Waals surface area contributed by atoms with Crippen LogP contribution in [-0.2, 0) is 9.59 Å². The van der Waals surface area contributed by atoms with E-state index in [1.807, 2.05) is 30.3 Å². The number of nitrogens with one attached hydrogen (secondary N) is 1. The number of amides is 2. The van der Waals surface area contributed by atoms with Crippen molar-refractivity contribution in [1.82, 2.24) is 4.98 Å². The van der Waals surface area contributed by atoms with Crippen LogP contribution in [0.25, 0.3) is 17.2 Å². The molecule has 2 amide bonds. The fraction of sp³-hybridized carbons (Fsp3) is 0.0556. The van der Waals surface area contributed by atoms with E-state index in [9.17, 15) is 9.59 Å². The Bertz CT molecular complexity index is 941. The lowest BCUT2D eigenvalue weighted by Crippen LogP contribution is -2.41. The summed E-state index contributed by atoms with van der Waals surface area (Å²) >= 11 is 0. The quantitative estimate of drug-likeness (QED) is 0.737. The summed E-state index contributed by atoms with van der Waals surface area (Å²) in [5, 5.41) is 2.75.